The minimum atomic E-state index is -0.302. The zero-order valence-corrected chi connectivity index (χ0v) is 22.8. The summed E-state index contributed by atoms with van der Waals surface area (Å²) >= 11 is 0. The van der Waals surface area contributed by atoms with Crippen molar-refractivity contribution in [2.75, 3.05) is 63.0 Å². The first-order valence-electron chi connectivity index (χ1n) is 12.9. The molecule has 40 heavy (non-hydrogen) atoms. The number of pyridine rings is 1. The molecule has 0 atom stereocenters. The molecule has 0 bridgehead atoms. The Morgan fingerprint density at radius 2 is 1.70 bits per heavy atom. The number of benzene rings is 2. The fourth-order valence-electron chi connectivity index (χ4n) is 4.68. The molecule has 3 heterocycles. The van der Waals surface area contributed by atoms with E-state index in [2.05, 4.69) is 44.0 Å². The van der Waals surface area contributed by atoms with Gasteiger partial charge in [0.2, 0.25) is 5.91 Å². The number of aromatic nitrogens is 2. The van der Waals surface area contributed by atoms with Crippen molar-refractivity contribution < 1.29 is 19.1 Å². The van der Waals surface area contributed by atoms with Crippen LogP contribution in [-0.2, 0) is 4.79 Å². The molecular formula is C30H32N6O4. The second-order valence-corrected chi connectivity index (χ2v) is 9.56. The highest BCUT2D eigenvalue weighted by Crippen LogP contribution is 2.32. The lowest BCUT2D eigenvalue weighted by Crippen LogP contribution is -2.44. The van der Waals surface area contributed by atoms with Gasteiger partial charge in [0, 0.05) is 60.6 Å². The van der Waals surface area contributed by atoms with Gasteiger partial charge in [0.1, 0.15) is 23.0 Å². The maximum atomic E-state index is 13.4. The SMILES string of the molecule is C=CC(=O)Nc1cc(N2CCN(C)CC2)ccc1Nc1ccc2c(C(=O)c3cc(OC)cc(OC)c3)c[nH]c2n1. The van der Waals surface area contributed by atoms with Crippen LogP contribution < -0.4 is 25.0 Å². The maximum absolute atomic E-state index is 13.4. The number of rotatable bonds is 9. The topological polar surface area (TPSA) is 112 Å². The number of ketones is 1. The number of carbonyl (C=O) groups excluding carboxylic acids is 2. The molecule has 0 unspecified atom stereocenters. The average Bonchev–Trinajstić information content (AvgIpc) is 3.41. The molecule has 1 fully saturated rings. The Balaban J connectivity index is 1.42. The van der Waals surface area contributed by atoms with E-state index in [4.69, 9.17) is 9.47 Å². The summed E-state index contributed by atoms with van der Waals surface area (Å²) < 4.78 is 10.6. The number of nitrogens with one attached hydrogen (secondary N) is 3. The summed E-state index contributed by atoms with van der Waals surface area (Å²) in [5.41, 5.74) is 3.82. The second kappa shape index (κ2) is 11.5. The monoisotopic (exact) mass is 540 g/mol. The Labute approximate surface area is 232 Å². The third kappa shape index (κ3) is 5.62. The molecule has 2 aromatic heterocycles. The first kappa shape index (κ1) is 26.8. The lowest BCUT2D eigenvalue weighted by molar-refractivity contribution is -0.111. The van der Waals surface area contributed by atoms with Gasteiger partial charge in [0.05, 0.1) is 25.6 Å². The first-order valence-corrected chi connectivity index (χ1v) is 12.9. The molecule has 0 radical (unpaired) electrons. The molecule has 1 amide bonds. The minimum Gasteiger partial charge on any atom is -0.497 e. The summed E-state index contributed by atoms with van der Waals surface area (Å²) in [6.07, 6.45) is 2.89. The van der Waals surface area contributed by atoms with Crippen LogP contribution in [0.1, 0.15) is 15.9 Å². The molecule has 0 spiro atoms. The summed E-state index contributed by atoms with van der Waals surface area (Å²) in [6.45, 7) is 7.35. The Bertz CT molecular complexity index is 1550. The van der Waals surface area contributed by atoms with Gasteiger partial charge in [-0.1, -0.05) is 6.58 Å². The smallest absolute Gasteiger partial charge is 0.247 e. The maximum Gasteiger partial charge on any atom is 0.247 e. The number of H-pyrrole nitrogens is 1. The molecule has 2 aromatic carbocycles. The number of amides is 1. The van der Waals surface area contributed by atoms with Crippen molar-refractivity contribution in [1.82, 2.24) is 14.9 Å². The number of ether oxygens (including phenoxy) is 2. The molecule has 0 saturated carbocycles. The number of anilines is 4. The average molecular weight is 541 g/mol. The number of aromatic amines is 1. The lowest BCUT2D eigenvalue weighted by Gasteiger charge is -2.34. The van der Waals surface area contributed by atoms with Crippen LogP contribution in [0.3, 0.4) is 0 Å². The van der Waals surface area contributed by atoms with E-state index in [1.807, 2.05) is 24.3 Å². The summed E-state index contributed by atoms with van der Waals surface area (Å²) in [5, 5.41) is 6.89. The van der Waals surface area contributed by atoms with E-state index < -0.39 is 0 Å². The molecule has 10 nitrogen and oxygen atoms in total. The van der Waals surface area contributed by atoms with Crippen LogP contribution in [0.5, 0.6) is 11.5 Å². The van der Waals surface area contributed by atoms with Crippen molar-refractivity contribution in [2.24, 2.45) is 0 Å². The van der Waals surface area contributed by atoms with Gasteiger partial charge in [-0.15, -0.1) is 0 Å². The van der Waals surface area contributed by atoms with Crippen molar-refractivity contribution in [3.8, 4) is 11.5 Å². The molecule has 1 saturated heterocycles. The molecule has 3 N–H and O–H groups in total. The molecule has 206 valence electrons. The molecule has 10 heteroatoms. The van der Waals surface area contributed by atoms with E-state index in [0.717, 1.165) is 31.9 Å². The first-order chi connectivity index (χ1) is 19.4. The normalized spacial score (nSPS) is 13.6. The fourth-order valence-corrected chi connectivity index (χ4v) is 4.68. The van der Waals surface area contributed by atoms with Crippen LogP contribution in [0.4, 0.5) is 22.9 Å². The van der Waals surface area contributed by atoms with Crippen molar-refractivity contribution in [2.45, 2.75) is 0 Å². The van der Waals surface area contributed by atoms with Crippen LogP contribution >= 0.6 is 0 Å². The Kier molecular flexibility index (Phi) is 7.70. The summed E-state index contributed by atoms with van der Waals surface area (Å²) in [4.78, 5) is 37.9. The molecule has 5 rings (SSSR count). The van der Waals surface area contributed by atoms with Gasteiger partial charge in [-0.25, -0.2) is 4.98 Å². The highest BCUT2D eigenvalue weighted by atomic mass is 16.5. The van der Waals surface area contributed by atoms with Gasteiger partial charge in [-0.2, -0.15) is 0 Å². The Morgan fingerprint density at radius 3 is 2.38 bits per heavy atom. The van der Waals surface area contributed by atoms with Crippen LogP contribution in [-0.4, -0.2) is 74.0 Å². The molecule has 4 aromatic rings. The molecule has 0 aliphatic carbocycles. The summed E-state index contributed by atoms with van der Waals surface area (Å²) in [5.74, 6) is 1.14. The van der Waals surface area contributed by atoms with Gasteiger partial charge in [0.25, 0.3) is 0 Å². The number of methoxy groups -OCH3 is 2. The molecular weight excluding hydrogens is 508 g/mol. The number of hydrogen-bond donors (Lipinski definition) is 3. The van der Waals surface area contributed by atoms with E-state index in [-0.39, 0.29) is 11.7 Å². The second-order valence-electron chi connectivity index (χ2n) is 9.56. The van der Waals surface area contributed by atoms with E-state index in [1.54, 1.807) is 44.7 Å². The number of likely N-dealkylation sites (N-methyl/N-ethyl adjacent to an activating group) is 1. The van der Waals surface area contributed by atoms with E-state index in [0.29, 0.717) is 50.9 Å². The van der Waals surface area contributed by atoms with Crippen molar-refractivity contribution in [1.29, 1.82) is 0 Å². The van der Waals surface area contributed by atoms with Crippen LogP contribution in [0, 0.1) is 0 Å². The van der Waals surface area contributed by atoms with Crippen LogP contribution in [0.2, 0.25) is 0 Å². The third-order valence-corrected chi connectivity index (χ3v) is 6.97. The molecule has 1 aliphatic rings. The number of carbonyl (C=O) groups is 2. The highest BCUT2D eigenvalue weighted by Gasteiger charge is 2.19. The van der Waals surface area contributed by atoms with Crippen molar-refractivity contribution in [3.05, 3.63) is 78.5 Å². The van der Waals surface area contributed by atoms with Crippen LogP contribution in [0.25, 0.3) is 11.0 Å². The van der Waals surface area contributed by atoms with Gasteiger partial charge in [-0.05, 0) is 55.6 Å². The zero-order chi connectivity index (χ0) is 28.2. The summed E-state index contributed by atoms with van der Waals surface area (Å²) in [7, 11) is 5.20. The summed E-state index contributed by atoms with van der Waals surface area (Å²) in [6, 6.07) is 14.6. The van der Waals surface area contributed by atoms with Gasteiger partial charge < -0.3 is 34.9 Å². The predicted molar refractivity (Wildman–Crippen MR) is 157 cm³/mol. The number of hydrogen-bond acceptors (Lipinski definition) is 8. The van der Waals surface area contributed by atoms with E-state index >= 15 is 0 Å². The van der Waals surface area contributed by atoms with E-state index in [1.165, 1.54) is 6.08 Å². The Morgan fingerprint density at radius 1 is 0.975 bits per heavy atom. The predicted octanol–water partition coefficient (Wildman–Crippen LogP) is 4.43. The third-order valence-electron chi connectivity index (χ3n) is 6.97. The Hall–Kier alpha value is -4.83. The standard InChI is InChI=1S/C30H32N6O4/c1-5-28(37)33-26-16-20(36-12-10-35(2)11-13-36)6-8-25(26)32-27-9-7-23-24(18-31-30(23)34-27)29(38)19-14-21(39-3)17-22(15-19)40-4/h5-9,14-18H,1,10-13H2,2-4H3,(H,33,37)(H2,31,32,34). The minimum absolute atomic E-state index is 0.181. The largest absolute Gasteiger partial charge is 0.497 e. The number of nitrogens with zero attached hydrogens (tertiary/aromatic N) is 3. The van der Waals surface area contributed by atoms with Crippen LogP contribution in [0.15, 0.2) is 67.4 Å². The van der Waals surface area contributed by atoms with Gasteiger partial charge in [0.15, 0.2) is 5.78 Å². The highest BCUT2D eigenvalue weighted by molar-refractivity contribution is 6.16. The number of piperazine rings is 1. The fraction of sp³-hybridized carbons (Fsp3) is 0.233. The van der Waals surface area contributed by atoms with Crippen molar-refractivity contribution >= 4 is 45.6 Å². The lowest BCUT2D eigenvalue weighted by atomic mass is 10.0. The molecule has 1 aliphatic heterocycles. The van der Waals surface area contributed by atoms with Gasteiger partial charge >= 0.3 is 0 Å². The quantitative estimate of drug-likeness (QED) is 0.211. The zero-order valence-electron chi connectivity index (χ0n) is 22.8. The van der Waals surface area contributed by atoms with Gasteiger partial charge in [-0.3, -0.25) is 9.59 Å². The number of fused-ring (bicyclic) bond motifs is 1. The van der Waals surface area contributed by atoms with Crippen molar-refractivity contribution in [3.63, 3.8) is 0 Å². The van der Waals surface area contributed by atoms with E-state index in [9.17, 15) is 9.59 Å².